The lowest BCUT2D eigenvalue weighted by Crippen LogP contribution is -2.24. The average Bonchev–Trinajstić information content (AvgIpc) is 2.92. The Morgan fingerprint density at radius 2 is 2.24 bits per heavy atom. The monoisotopic (exact) mass is 342 g/mol. The number of rotatable bonds is 9. The van der Waals surface area contributed by atoms with E-state index >= 15 is 0 Å². The molecule has 2 rings (SSSR count). The van der Waals surface area contributed by atoms with Crippen molar-refractivity contribution in [3.63, 3.8) is 0 Å². The number of fused-ring (bicyclic) bond motifs is 1. The molecular weight excluding hydrogens is 312 g/mol. The molecule has 25 heavy (non-hydrogen) atoms. The van der Waals surface area contributed by atoms with Crippen molar-refractivity contribution in [2.45, 2.75) is 65.1 Å². The zero-order valence-electron chi connectivity index (χ0n) is 15.9. The van der Waals surface area contributed by atoms with Gasteiger partial charge in [-0.15, -0.1) is 6.42 Å². The molecule has 1 atom stereocenters. The summed E-state index contributed by atoms with van der Waals surface area (Å²) in [5, 5.41) is 0. The van der Waals surface area contributed by atoms with Gasteiger partial charge in [-0.25, -0.2) is 0 Å². The molecule has 0 N–H and O–H groups in total. The molecule has 0 bridgehead atoms. The van der Waals surface area contributed by atoms with Crippen LogP contribution in [0, 0.1) is 12.3 Å². The summed E-state index contributed by atoms with van der Waals surface area (Å²) in [6, 6.07) is 6.12. The Balaban J connectivity index is 1.71. The maximum atomic E-state index is 5.83. The molecule has 3 heteroatoms. The van der Waals surface area contributed by atoms with Crippen molar-refractivity contribution in [3.8, 4) is 23.8 Å². The van der Waals surface area contributed by atoms with E-state index in [1.807, 2.05) is 12.1 Å². The standard InChI is InChI=1S/C22H30O3/c1-6-13-24-22(4,5)12-7-8-17(2)11-14-23-20-10-9-19-15-18(3)25-21(19)16-20/h1,9-11,16,18H,7-8,12-15H2,2-5H3. The second-order valence-electron chi connectivity index (χ2n) is 7.37. The molecule has 136 valence electrons. The molecule has 0 radical (unpaired) electrons. The van der Waals surface area contributed by atoms with Crippen LogP contribution in [0.25, 0.3) is 0 Å². The Kier molecular flexibility index (Phi) is 6.96. The number of hydrogen-bond donors (Lipinski definition) is 0. The molecule has 3 nitrogen and oxygen atoms in total. The van der Waals surface area contributed by atoms with E-state index in [0.717, 1.165) is 37.2 Å². The average molecular weight is 342 g/mol. The van der Waals surface area contributed by atoms with E-state index in [1.54, 1.807) is 0 Å². The molecule has 0 spiro atoms. The number of ether oxygens (including phenoxy) is 3. The van der Waals surface area contributed by atoms with Gasteiger partial charge in [-0.05, 0) is 64.7 Å². The van der Waals surface area contributed by atoms with Crippen LogP contribution in [0.1, 0.15) is 52.5 Å². The topological polar surface area (TPSA) is 27.7 Å². The number of allylic oxidation sites excluding steroid dienone is 1. The third-order valence-electron chi connectivity index (χ3n) is 4.45. The van der Waals surface area contributed by atoms with Gasteiger partial charge in [0.15, 0.2) is 0 Å². The van der Waals surface area contributed by atoms with E-state index in [4.69, 9.17) is 20.6 Å². The summed E-state index contributed by atoms with van der Waals surface area (Å²) in [6.45, 7) is 9.36. The number of benzene rings is 1. The highest BCUT2D eigenvalue weighted by atomic mass is 16.5. The summed E-state index contributed by atoms with van der Waals surface area (Å²) in [6.07, 6.45) is 11.7. The van der Waals surface area contributed by atoms with E-state index in [2.05, 4.69) is 45.8 Å². The molecule has 1 heterocycles. The van der Waals surface area contributed by atoms with Crippen molar-refractivity contribution in [2.75, 3.05) is 13.2 Å². The van der Waals surface area contributed by atoms with E-state index in [9.17, 15) is 0 Å². The summed E-state index contributed by atoms with van der Waals surface area (Å²) < 4.78 is 17.3. The van der Waals surface area contributed by atoms with Crippen LogP contribution in [-0.2, 0) is 11.2 Å². The molecule has 0 saturated carbocycles. The number of hydrogen-bond acceptors (Lipinski definition) is 3. The van der Waals surface area contributed by atoms with Crippen LogP contribution in [0.3, 0.4) is 0 Å². The fraction of sp³-hybridized carbons (Fsp3) is 0.545. The maximum absolute atomic E-state index is 5.83. The summed E-state index contributed by atoms with van der Waals surface area (Å²) in [4.78, 5) is 0. The molecular formula is C22H30O3. The fourth-order valence-corrected chi connectivity index (χ4v) is 2.96. The van der Waals surface area contributed by atoms with Crippen LogP contribution in [0.2, 0.25) is 0 Å². The van der Waals surface area contributed by atoms with Gasteiger partial charge < -0.3 is 14.2 Å². The van der Waals surface area contributed by atoms with Crippen LogP contribution in [-0.4, -0.2) is 24.9 Å². The van der Waals surface area contributed by atoms with Gasteiger partial charge >= 0.3 is 0 Å². The highest BCUT2D eigenvalue weighted by Crippen LogP contribution is 2.32. The highest BCUT2D eigenvalue weighted by Gasteiger charge is 2.19. The predicted molar refractivity (Wildman–Crippen MR) is 102 cm³/mol. The molecule has 1 aliphatic heterocycles. The van der Waals surface area contributed by atoms with Crippen LogP contribution in [0.15, 0.2) is 29.8 Å². The first-order chi connectivity index (χ1) is 11.9. The minimum absolute atomic E-state index is 0.162. The van der Waals surface area contributed by atoms with Crippen LogP contribution >= 0.6 is 0 Å². The molecule has 0 aliphatic carbocycles. The van der Waals surface area contributed by atoms with Crippen molar-refractivity contribution in [2.24, 2.45) is 0 Å². The first kappa shape index (κ1) is 19.4. The minimum atomic E-state index is -0.162. The SMILES string of the molecule is C#CCOC(C)(C)CCCC(C)=CCOc1ccc2c(c1)OC(C)C2. The Morgan fingerprint density at radius 3 is 3.00 bits per heavy atom. The third kappa shape index (κ3) is 6.48. The fourth-order valence-electron chi connectivity index (χ4n) is 2.96. The Labute approximate surface area is 152 Å². The normalized spacial score (nSPS) is 16.9. The second-order valence-corrected chi connectivity index (χ2v) is 7.37. The van der Waals surface area contributed by atoms with E-state index < -0.39 is 0 Å². The Morgan fingerprint density at radius 1 is 1.44 bits per heavy atom. The molecule has 1 unspecified atom stereocenters. The van der Waals surface area contributed by atoms with Crippen LogP contribution in [0.4, 0.5) is 0 Å². The lowest BCUT2D eigenvalue weighted by molar-refractivity contribution is -0.00564. The Hall–Kier alpha value is -1.92. The lowest BCUT2D eigenvalue weighted by Gasteiger charge is -2.24. The predicted octanol–water partition coefficient (Wildman–Crippen LogP) is 4.93. The van der Waals surface area contributed by atoms with Crippen molar-refractivity contribution in [3.05, 3.63) is 35.4 Å². The molecule has 0 aromatic heterocycles. The van der Waals surface area contributed by atoms with Crippen molar-refractivity contribution in [1.82, 2.24) is 0 Å². The van der Waals surface area contributed by atoms with Crippen LogP contribution < -0.4 is 9.47 Å². The summed E-state index contributed by atoms with van der Waals surface area (Å²) in [7, 11) is 0. The van der Waals surface area contributed by atoms with E-state index in [0.29, 0.717) is 13.2 Å². The largest absolute Gasteiger partial charge is 0.490 e. The number of terminal acetylenes is 1. The van der Waals surface area contributed by atoms with E-state index in [-0.39, 0.29) is 11.7 Å². The zero-order valence-corrected chi connectivity index (χ0v) is 15.9. The Bertz CT molecular complexity index is 637. The van der Waals surface area contributed by atoms with Gasteiger partial charge in [-0.3, -0.25) is 0 Å². The summed E-state index contributed by atoms with van der Waals surface area (Å²) in [5.74, 6) is 4.35. The van der Waals surface area contributed by atoms with Gasteiger partial charge in [0.2, 0.25) is 0 Å². The summed E-state index contributed by atoms with van der Waals surface area (Å²) >= 11 is 0. The van der Waals surface area contributed by atoms with Crippen molar-refractivity contribution >= 4 is 0 Å². The zero-order chi connectivity index (χ0) is 18.3. The smallest absolute Gasteiger partial charge is 0.126 e. The van der Waals surface area contributed by atoms with Gasteiger partial charge in [-0.2, -0.15) is 0 Å². The van der Waals surface area contributed by atoms with Crippen LogP contribution in [0.5, 0.6) is 11.5 Å². The van der Waals surface area contributed by atoms with Gasteiger partial charge in [0.1, 0.15) is 30.8 Å². The first-order valence-corrected chi connectivity index (χ1v) is 9.05. The van der Waals surface area contributed by atoms with Gasteiger partial charge in [0.25, 0.3) is 0 Å². The molecule has 0 amide bonds. The second kappa shape index (κ2) is 8.97. The molecule has 1 aromatic rings. The highest BCUT2D eigenvalue weighted by molar-refractivity contribution is 5.43. The third-order valence-corrected chi connectivity index (χ3v) is 4.45. The van der Waals surface area contributed by atoms with Gasteiger partial charge in [0.05, 0.1) is 5.60 Å². The summed E-state index contributed by atoms with van der Waals surface area (Å²) in [5.41, 5.74) is 2.44. The first-order valence-electron chi connectivity index (χ1n) is 9.05. The van der Waals surface area contributed by atoms with Gasteiger partial charge in [0, 0.05) is 12.5 Å². The molecule has 0 fully saturated rings. The minimum Gasteiger partial charge on any atom is -0.490 e. The molecule has 1 aromatic carbocycles. The molecule has 1 aliphatic rings. The van der Waals surface area contributed by atoms with E-state index in [1.165, 1.54) is 11.1 Å². The maximum Gasteiger partial charge on any atom is 0.126 e. The quantitative estimate of drug-likeness (QED) is 0.470. The lowest BCUT2D eigenvalue weighted by atomic mass is 9.99. The molecule has 0 saturated heterocycles. The van der Waals surface area contributed by atoms with Gasteiger partial charge in [-0.1, -0.05) is 17.6 Å². The van der Waals surface area contributed by atoms with Crippen molar-refractivity contribution in [1.29, 1.82) is 0 Å². The van der Waals surface area contributed by atoms with Crippen molar-refractivity contribution < 1.29 is 14.2 Å².